The van der Waals surface area contributed by atoms with Gasteiger partial charge in [0.15, 0.2) is 11.5 Å². The average molecular weight is 578 g/mol. The van der Waals surface area contributed by atoms with Crippen molar-refractivity contribution in [1.29, 1.82) is 5.41 Å². The minimum atomic E-state index is -0.748. The highest BCUT2D eigenvalue weighted by molar-refractivity contribution is 5.96. The first-order valence-corrected chi connectivity index (χ1v) is 13.7. The van der Waals surface area contributed by atoms with Gasteiger partial charge in [0.2, 0.25) is 0 Å². The monoisotopic (exact) mass is 577 g/mol. The predicted molar refractivity (Wildman–Crippen MR) is 168 cm³/mol. The lowest BCUT2D eigenvalue weighted by Gasteiger charge is -2.24. The van der Waals surface area contributed by atoms with E-state index in [-0.39, 0.29) is 18.2 Å². The van der Waals surface area contributed by atoms with Crippen molar-refractivity contribution in [2.24, 2.45) is 11.7 Å². The molecule has 0 aliphatic heterocycles. The number of amidine groups is 1. The third kappa shape index (κ3) is 7.89. The fraction of sp³-hybridized carbons (Fsp3) is 0.171. The van der Waals surface area contributed by atoms with E-state index < -0.39 is 17.9 Å². The number of methoxy groups -OCH3 is 3. The van der Waals surface area contributed by atoms with Crippen LogP contribution in [0.2, 0.25) is 0 Å². The summed E-state index contributed by atoms with van der Waals surface area (Å²) in [6.45, 7) is 0. The van der Waals surface area contributed by atoms with Crippen LogP contribution in [-0.2, 0) is 16.0 Å². The van der Waals surface area contributed by atoms with Gasteiger partial charge in [-0.15, -0.1) is 0 Å². The molecule has 1 amide bonds. The third-order valence-corrected chi connectivity index (χ3v) is 7.09. The van der Waals surface area contributed by atoms with Crippen LogP contribution in [0.3, 0.4) is 0 Å². The molecule has 4 N–H and O–H groups in total. The molecule has 0 saturated heterocycles. The zero-order valence-electron chi connectivity index (χ0n) is 24.4. The molecule has 4 rings (SSSR count). The zero-order chi connectivity index (χ0) is 30.8. The van der Waals surface area contributed by atoms with E-state index in [1.807, 2.05) is 78.9 Å². The third-order valence-electron chi connectivity index (χ3n) is 7.09. The molecular formula is C35H35N3O5. The molecule has 4 aromatic rings. The van der Waals surface area contributed by atoms with Crippen LogP contribution in [0, 0.1) is 11.3 Å². The number of nitrogen functional groups attached to an aromatic ring is 1. The molecule has 0 aliphatic carbocycles. The topological polar surface area (TPSA) is 124 Å². The Kier molecular flexibility index (Phi) is 10.3. The molecule has 4 aromatic carbocycles. The normalized spacial score (nSPS) is 12.3. The second kappa shape index (κ2) is 14.5. The maximum absolute atomic E-state index is 13.5. The van der Waals surface area contributed by atoms with E-state index in [1.165, 1.54) is 7.11 Å². The minimum absolute atomic E-state index is 0.0678. The summed E-state index contributed by atoms with van der Waals surface area (Å²) in [6, 6.07) is 28.9. The van der Waals surface area contributed by atoms with Crippen molar-refractivity contribution >= 4 is 23.8 Å². The number of amides is 1. The quantitative estimate of drug-likeness (QED) is 0.116. The molecule has 43 heavy (non-hydrogen) atoms. The molecule has 0 fully saturated rings. The second-order valence-electron chi connectivity index (χ2n) is 9.86. The molecule has 0 radical (unpaired) electrons. The van der Waals surface area contributed by atoms with Crippen molar-refractivity contribution in [3.8, 4) is 22.6 Å². The molecule has 0 unspecified atom stereocenters. The summed E-state index contributed by atoms with van der Waals surface area (Å²) in [5, 5.41) is 10.8. The SMILES string of the molecule is COC(=O)[C@@H](Cc1cccc(C(=N)N)c1)[C@H](/C=C/c1ccccc1)NC(=O)c1ccc(-c2ccc(OC)c(OC)c2)cc1. The Balaban J connectivity index is 1.62. The van der Waals surface area contributed by atoms with Gasteiger partial charge in [-0.05, 0) is 59.0 Å². The largest absolute Gasteiger partial charge is 0.493 e. The van der Waals surface area contributed by atoms with Gasteiger partial charge >= 0.3 is 5.97 Å². The number of nitrogens with one attached hydrogen (secondary N) is 2. The molecule has 220 valence electrons. The van der Waals surface area contributed by atoms with Crippen LogP contribution >= 0.6 is 0 Å². The van der Waals surface area contributed by atoms with E-state index in [0.29, 0.717) is 22.6 Å². The van der Waals surface area contributed by atoms with Crippen LogP contribution in [0.25, 0.3) is 17.2 Å². The molecule has 0 bridgehead atoms. The summed E-state index contributed by atoms with van der Waals surface area (Å²) in [6.07, 6.45) is 3.94. The van der Waals surface area contributed by atoms with Crippen LogP contribution in [0.4, 0.5) is 0 Å². The summed E-state index contributed by atoms with van der Waals surface area (Å²) in [7, 11) is 4.49. The number of rotatable bonds is 12. The van der Waals surface area contributed by atoms with Gasteiger partial charge in [-0.1, -0.05) is 78.9 Å². The van der Waals surface area contributed by atoms with Gasteiger partial charge in [0.1, 0.15) is 5.84 Å². The second-order valence-corrected chi connectivity index (χ2v) is 9.86. The standard InChI is InChI=1S/C35H35N3O5/c1-41-31-19-17-27(22-32(31)42-2)25-13-15-26(16-14-25)34(39)38-30(18-12-23-8-5-4-6-9-23)29(35(40)43-3)21-24-10-7-11-28(20-24)33(36)37/h4-20,22,29-30H,21H2,1-3H3,(H3,36,37)(H,38,39)/b18-12+/t29-,30-/m0/s1. The lowest BCUT2D eigenvalue weighted by molar-refractivity contribution is -0.145. The molecule has 0 aromatic heterocycles. The maximum atomic E-state index is 13.5. The molecule has 2 atom stereocenters. The Morgan fingerprint density at radius 2 is 1.51 bits per heavy atom. The van der Waals surface area contributed by atoms with E-state index in [4.69, 9.17) is 25.4 Å². The molecular weight excluding hydrogens is 542 g/mol. The smallest absolute Gasteiger partial charge is 0.311 e. The summed E-state index contributed by atoms with van der Waals surface area (Å²) in [4.78, 5) is 26.6. The highest BCUT2D eigenvalue weighted by atomic mass is 16.5. The first-order valence-electron chi connectivity index (χ1n) is 13.7. The Morgan fingerprint density at radius 1 is 0.814 bits per heavy atom. The average Bonchev–Trinajstić information content (AvgIpc) is 3.05. The van der Waals surface area contributed by atoms with E-state index in [1.54, 1.807) is 44.6 Å². The van der Waals surface area contributed by atoms with Crippen molar-refractivity contribution in [3.63, 3.8) is 0 Å². The Labute approximate surface area is 251 Å². The summed E-state index contributed by atoms with van der Waals surface area (Å²) in [5.74, 6) is -0.389. The number of hydrogen-bond acceptors (Lipinski definition) is 6. The zero-order valence-corrected chi connectivity index (χ0v) is 24.4. The highest BCUT2D eigenvalue weighted by Gasteiger charge is 2.30. The number of carbonyl (C=O) groups is 2. The molecule has 0 aliphatic rings. The Bertz CT molecular complexity index is 1600. The predicted octanol–water partition coefficient (Wildman–Crippen LogP) is 5.50. The van der Waals surface area contributed by atoms with Crippen LogP contribution in [0.15, 0.2) is 103 Å². The number of ether oxygens (including phenoxy) is 3. The maximum Gasteiger partial charge on any atom is 0.311 e. The minimum Gasteiger partial charge on any atom is -0.493 e. The molecule has 0 heterocycles. The van der Waals surface area contributed by atoms with Crippen molar-refractivity contribution in [2.45, 2.75) is 12.5 Å². The summed E-state index contributed by atoms with van der Waals surface area (Å²) >= 11 is 0. The number of carbonyl (C=O) groups excluding carboxylic acids is 2. The Hall–Kier alpha value is -5.37. The molecule has 8 nitrogen and oxygen atoms in total. The Morgan fingerprint density at radius 3 is 2.16 bits per heavy atom. The number of nitrogens with two attached hydrogens (primary N) is 1. The summed E-state index contributed by atoms with van der Waals surface area (Å²) < 4.78 is 15.9. The van der Waals surface area contributed by atoms with Gasteiger partial charge in [-0.25, -0.2) is 0 Å². The van der Waals surface area contributed by atoms with Gasteiger partial charge < -0.3 is 25.3 Å². The fourth-order valence-corrected chi connectivity index (χ4v) is 4.75. The van der Waals surface area contributed by atoms with E-state index in [9.17, 15) is 9.59 Å². The van der Waals surface area contributed by atoms with Crippen LogP contribution in [-0.4, -0.2) is 45.1 Å². The van der Waals surface area contributed by atoms with E-state index >= 15 is 0 Å². The lowest BCUT2D eigenvalue weighted by Crippen LogP contribution is -2.43. The van der Waals surface area contributed by atoms with Crippen LogP contribution in [0.1, 0.15) is 27.0 Å². The highest BCUT2D eigenvalue weighted by Crippen LogP contribution is 2.32. The van der Waals surface area contributed by atoms with Crippen molar-refractivity contribution in [2.75, 3.05) is 21.3 Å². The van der Waals surface area contributed by atoms with E-state index in [0.717, 1.165) is 22.3 Å². The summed E-state index contributed by atoms with van der Waals surface area (Å²) in [5.41, 5.74) is 10.2. The lowest BCUT2D eigenvalue weighted by atomic mass is 9.90. The fourth-order valence-electron chi connectivity index (χ4n) is 4.75. The molecule has 8 heteroatoms. The van der Waals surface area contributed by atoms with Gasteiger partial charge in [-0.3, -0.25) is 15.0 Å². The van der Waals surface area contributed by atoms with Crippen molar-refractivity contribution in [1.82, 2.24) is 5.32 Å². The van der Waals surface area contributed by atoms with Crippen LogP contribution < -0.4 is 20.5 Å². The van der Waals surface area contributed by atoms with Gasteiger partial charge in [-0.2, -0.15) is 0 Å². The molecule has 0 spiro atoms. The molecule has 0 saturated carbocycles. The number of esters is 1. The van der Waals surface area contributed by atoms with E-state index in [2.05, 4.69) is 5.32 Å². The van der Waals surface area contributed by atoms with Gasteiger partial charge in [0.05, 0.1) is 33.3 Å². The van der Waals surface area contributed by atoms with Crippen LogP contribution in [0.5, 0.6) is 11.5 Å². The van der Waals surface area contributed by atoms with Gasteiger partial charge in [0, 0.05) is 11.1 Å². The van der Waals surface area contributed by atoms with Crippen molar-refractivity contribution in [3.05, 3.63) is 125 Å². The first-order chi connectivity index (χ1) is 20.8. The van der Waals surface area contributed by atoms with Gasteiger partial charge in [0.25, 0.3) is 5.91 Å². The number of hydrogen-bond donors (Lipinski definition) is 3. The first kappa shape index (κ1) is 30.6. The number of benzene rings is 4. The van der Waals surface area contributed by atoms with Crippen molar-refractivity contribution < 1.29 is 23.8 Å².